The molecular weight excluding hydrogens is 416 g/mol. The summed E-state index contributed by atoms with van der Waals surface area (Å²) < 4.78 is 13.5. The van der Waals surface area contributed by atoms with Gasteiger partial charge < -0.3 is 14.0 Å². The van der Waals surface area contributed by atoms with Gasteiger partial charge in [0.2, 0.25) is 0 Å². The van der Waals surface area contributed by atoms with Crippen LogP contribution >= 0.6 is 0 Å². The van der Waals surface area contributed by atoms with Crippen LogP contribution in [0.4, 0.5) is 0 Å². The molecule has 9 atom stereocenters. The van der Waals surface area contributed by atoms with Gasteiger partial charge in [0, 0.05) is 12.0 Å². The van der Waals surface area contributed by atoms with E-state index in [2.05, 4.69) is 53.1 Å². The van der Waals surface area contributed by atoms with Crippen LogP contribution in [0.15, 0.2) is 0 Å². The summed E-state index contributed by atoms with van der Waals surface area (Å²) >= 11 is 0. The van der Waals surface area contributed by atoms with Crippen LogP contribution in [-0.4, -0.2) is 40.6 Å². The second kappa shape index (κ2) is 8.21. The van der Waals surface area contributed by atoms with Crippen LogP contribution in [0.5, 0.6) is 0 Å². The lowest BCUT2D eigenvalue weighted by Crippen LogP contribution is -2.61. The lowest BCUT2D eigenvalue weighted by molar-refractivity contribution is -0.178. The zero-order chi connectivity index (χ0) is 22.8. The minimum absolute atomic E-state index is 0.105. The Morgan fingerprint density at radius 2 is 1.58 bits per heavy atom. The van der Waals surface area contributed by atoms with Crippen LogP contribution in [-0.2, 0) is 8.85 Å². The fourth-order valence-corrected chi connectivity index (χ4v) is 10.7. The van der Waals surface area contributed by atoms with Gasteiger partial charge >= 0.3 is 0 Å². The zero-order valence-electron chi connectivity index (χ0n) is 21.7. The molecule has 0 spiro atoms. The van der Waals surface area contributed by atoms with Gasteiger partial charge in [0.15, 0.2) is 16.6 Å². The molecule has 180 valence electrons. The van der Waals surface area contributed by atoms with E-state index in [4.69, 9.17) is 8.85 Å². The first kappa shape index (κ1) is 24.4. The molecule has 0 bridgehead atoms. The molecule has 3 nitrogen and oxygen atoms in total. The molecule has 4 fully saturated rings. The molecule has 0 amide bonds. The highest BCUT2D eigenvalue weighted by molar-refractivity contribution is 6.70. The Labute approximate surface area is 194 Å². The molecule has 5 heteroatoms. The Morgan fingerprint density at radius 3 is 2.23 bits per heavy atom. The summed E-state index contributed by atoms with van der Waals surface area (Å²) in [6, 6.07) is 0. The molecular formula is C26H50O3Si2. The number of rotatable bonds is 5. The van der Waals surface area contributed by atoms with Crippen LogP contribution in [0.2, 0.25) is 39.3 Å². The van der Waals surface area contributed by atoms with E-state index in [0.29, 0.717) is 23.4 Å². The molecule has 0 heterocycles. The number of aliphatic hydroxyl groups is 1. The van der Waals surface area contributed by atoms with Crippen molar-refractivity contribution in [1.29, 1.82) is 0 Å². The van der Waals surface area contributed by atoms with Crippen molar-refractivity contribution in [1.82, 2.24) is 0 Å². The molecule has 0 aromatic heterocycles. The Balaban J connectivity index is 1.64. The molecule has 4 rings (SSSR count). The Morgan fingerprint density at radius 1 is 0.871 bits per heavy atom. The third-order valence-corrected chi connectivity index (χ3v) is 12.0. The fourth-order valence-electron chi connectivity index (χ4n) is 8.76. The predicted octanol–water partition coefficient (Wildman–Crippen LogP) is 6.69. The maximum absolute atomic E-state index is 10.6. The van der Waals surface area contributed by atoms with Crippen LogP contribution in [0.1, 0.15) is 65.2 Å². The Kier molecular flexibility index (Phi) is 6.48. The number of hydrogen-bond acceptors (Lipinski definition) is 3. The summed E-state index contributed by atoms with van der Waals surface area (Å²) in [5.74, 6) is 3.62. The van der Waals surface area contributed by atoms with E-state index in [1.54, 1.807) is 0 Å². The predicted molar refractivity (Wildman–Crippen MR) is 134 cm³/mol. The molecule has 4 aliphatic carbocycles. The lowest BCUT2D eigenvalue weighted by atomic mass is 9.42. The zero-order valence-corrected chi connectivity index (χ0v) is 23.7. The first-order valence-corrected chi connectivity index (χ1v) is 20.1. The number of hydrogen-bond donors (Lipinski definition) is 1. The quantitative estimate of drug-likeness (QED) is 0.459. The summed E-state index contributed by atoms with van der Waals surface area (Å²) in [7, 11) is -3.11. The molecule has 4 saturated carbocycles. The van der Waals surface area contributed by atoms with Crippen LogP contribution in [0.25, 0.3) is 0 Å². The van der Waals surface area contributed by atoms with E-state index >= 15 is 0 Å². The first-order valence-electron chi connectivity index (χ1n) is 13.3. The topological polar surface area (TPSA) is 38.7 Å². The molecule has 0 aromatic carbocycles. The van der Waals surface area contributed by atoms with E-state index in [0.717, 1.165) is 37.2 Å². The molecule has 1 N–H and O–H groups in total. The second-order valence-corrected chi connectivity index (χ2v) is 23.0. The second-order valence-electron chi connectivity index (χ2n) is 14.0. The van der Waals surface area contributed by atoms with Crippen LogP contribution in [0, 0.1) is 40.4 Å². The average Bonchev–Trinajstić information content (AvgIpc) is 2.94. The van der Waals surface area contributed by atoms with Gasteiger partial charge in [-0.15, -0.1) is 0 Å². The monoisotopic (exact) mass is 466 g/mol. The molecule has 0 saturated heterocycles. The van der Waals surface area contributed by atoms with E-state index in [1.807, 2.05) is 0 Å². The van der Waals surface area contributed by atoms with Crippen molar-refractivity contribution >= 4 is 16.6 Å². The number of fused-ring (bicyclic) bond motifs is 5. The third-order valence-electron chi connectivity index (χ3n) is 10.00. The van der Waals surface area contributed by atoms with Crippen molar-refractivity contribution in [3.05, 3.63) is 0 Å². The summed E-state index contributed by atoms with van der Waals surface area (Å²) in [5.41, 5.74) is 0.647. The SMILES string of the molecule is C[C@H]1C[C@@H](O)C[C@@H]2CC[C@H]3[C@@H]4CC[C@H](O[Si](C)(C)C)[C@@]4(C)CC[C@@H]3[C@]21CO[Si](C)(C)C. The van der Waals surface area contributed by atoms with Crippen molar-refractivity contribution in [2.24, 2.45) is 40.4 Å². The minimum Gasteiger partial charge on any atom is -0.417 e. The van der Waals surface area contributed by atoms with E-state index in [-0.39, 0.29) is 11.5 Å². The molecule has 0 aromatic rings. The van der Waals surface area contributed by atoms with E-state index in [1.165, 1.54) is 38.5 Å². The van der Waals surface area contributed by atoms with Crippen molar-refractivity contribution in [3.63, 3.8) is 0 Å². The molecule has 0 radical (unpaired) electrons. The maximum atomic E-state index is 10.6. The van der Waals surface area contributed by atoms with Crippen LogP contribution < -0.4 is 0 Å². The first-order chi connectivity index (χ1) is 14.3. The van der Waals surface area contributed by atoms with Gasteiger partial charge in [-0.3, -0.25) is 0 Å². The molecule has 0 aliphatic heterocycles. The summed E-state index contributed by atoms with van der Waals surface area (Å²) in [6.45, 7) is 20.1. The summed E-state index contributed by atoms with van der Waals surface area (Å²) in [4.78, 5) is 0. The van der Waals surface area contributed by atoms with E-state index < -0.39 is 16.6 Å². The fraction of sp³-hybridized carbons (Fsp3) is 1.00. The van der Waals surface area contributed by atoms with Gasteiger partial charge in [0.1, 0.15) is 0 Å². The highest BCUT2D eigenvalue weighted by Crippen LogP contribution is 2.68. The van der Waals surface area contributed by atoms with E-state index in [9.17, 15) is 5.11 Å². The molecule has 0 unspecified atom stereocenters. The van der Waals surface area contributed by atoms with Crippen molar-refractivity contribution in [2.75, 3.05) is 6.61 Å². The Hall–Kier alpha value is 0.314. The van der Waals surface area contributed by atoms with Crippen molar-refractivity contribution in [2.45, 2.75) is 117 Å². The average molecular weight is 467 g/mol. The van der Waals surface area contributed by atoms with Gasteiger partial charge in [0.25, 0.3) is 0 Å². The standard InChI is InChI=1S/C26H50O3Si2/c1-18-15-20(27)16-19-9-10-21-22-11-12-24(29-31(6,7)8)25(22,2)14-13-23(21)26(18,19)17-28-30(3,4)5/h18-24,27H,9-17H2,1-8H3/t18-,19-,20+,21-,22-,23-,24-,25-,26-/m0/s1. The van der Waals surface area contributed by atoms with Gasteiger partial charge in [0.05, 0.1) is 12.2 Å². The summed E-state index contributed by atoms with van der Waals surface area (Å²) in [5, 5.41) is 10.6. The lowest BCUT2D eigenvalue weighted by Gasteiger charge is -2.64. The molecule has 31 heavy (non-hydrogen) atoms. The molecule has 4 aliphatic rings. The van der Waals surface area contributed by atoms with Gasteiger partial charge in [-0.2, -0.15) is 0 Å². The smallest absolute Gasteiger partial charge is 0.184 e. The Bertz CT molecular complexity index is 656. The highest BCUT2D eigenvalue weighted by Gasteiger charge is 2.63. The van der Waals surface area contributed by atoms with Gasteiger partial charge in [-0.25, -0.2) is 0 Å². The normalized spacial score (nSPS) is 48.1. The van der Waals surface area contributed by atoms with Crippen LogP contribution in [0.3, 0.4) is 0 Å². The summed E-state index contributed by atoms with van der Waals surface area (Å²) in [6.07, 6.45) is 10.3. The van der Waals surface area contributed by atoms with Crippen molar-refractivity contribution < 1.29 is 14.0 Å². The van der Waals surface area contributed by atoms with Crippen molar-refractivity contribution in [3.8, 4) is 0 Å². The van der Waals surface area contributed by atoms with Gasteiger partial charge in [-0.1, -0.05) is 13.8 Å². The number of aliphatic hydroxyl groups excluding tert-OH is 1. The highest BCUT2D eigenvalue weighted by atomic mass is 28.4. The third kappa shape index (κ3) is 4.40. The largest absolute Gasteiger partial charge is 0.417 e. The minimum atomic E-state index is -1.58. The van der Waals surface area contributed by atoms with Gasteiger partial charge in [-0.05, 0) is 126 Å². The maximum Gasteiger partial charge on any atom is 0.184 e.